The number of aromatic nitrogens is 2. The SMILES string of the molecule is Cc1cnc(C(O)CCC2CCCCC2)cn1. The lowest BCUT2D eigenvalue weighted by atomic mass is 9.85. The zero-order chi connectivity index (χ0) is 12.1. The second-order valence-corrected chi connectivity index (χ2v) is 5.18. The molecule has 0 aromatic carbocycles. The second kappa shape index (κ2) is 6.10. The van der Waals surface area contributed by atoms with Crippen molar-refractivity contribution in [2.75, 3.05) is 0 Å². The highest BCUT2D eigenvalue weighted by Gasteiger charge is 2.16. The molecule has 1 unspecified atom stereocenters. The quantitative estimate of drug-likeness (QED) is 0.870. The van der Waals surface area contributed by atoms with Gasteiger partial charge in [0.2, 0.25) is 0 Å². The zero-order valence-corrected chi connectivity index (χ0v) is 10.6. The lowest BCUT2D eigenvalue weighted by Crippen LogP contribution is -2.09. The monoisotopic (exact) mass is 234 g/mol. The van der Waals surface area contributed by atoms with Crippen LogP contribution in [0.1, 0.15) is 62.4 Å². The number of aryl methyl sites for hydroxylation is 1. The predicted octanol–water partition coefficient (Wildman–Crippen LogP) is 3.18. The Kier molecular flexibility index (Phi) is 4.49. The second-order valence-electron chi connectivity index (χ2n) is 5.18. The standard InChI is InChI=1S/C14H22N2O/c1-11-9-16-13(10-15-11)14(17)8-7-12-5-3-2-4-6-12/h9-10,12,14,17H,2-8H2,1H3. The third-order valence-electron chi connectivity index (χ3n) is 3.72. The van der Waals surface area contributed by atoms with E-state index in [9.17, 15) is 5.11 Å². The Morgan fingerprint density at radius 2 is 2.00 bits per heavy atom. The molecule has 1 aromatic rings. The Labute approximate surface area is 103 Å². The van der Waals surface area contributed by atoms with Crippen LogP contribution in [-0.4, -0.2) is 15.1 Å². The number of hydrogen-bond donors (Lipinski definition) is 1. The van der Waals surface area contributed by atoms with E-state index in [0.29, 0.717) is 5.69 Å². The Morgan fingerprint density at radius 1 is 1.24 bits per heavy atom. The number of aliphatic hydroxyl groups excluding tert-OH is 1. The summed E-state index contributed by atoms with van der Waals surface area (Å²) in [6.07, 6.45) is 11.7. The van der Waals surface area contributed by atoms with Crippen molar-refractivity contribution in [3.8, 4) is 0 Å². The highest BCUT2D eigenvalue weighted by molar-refractivity contribution is 5.03. The van der Waals surface area contributed by atoms with E-state index in [-0.39, 0.29) is 0 Å². The van der Waals surface area contributed by atoms with Crippen LogP contribution in [-0.2, 0) is 0 Å². The van der Waals surface area contributed by atoms with E-state index in [4.69, 9.17) is 0 Å². The summed E-state index contributed by atoms with van der Waals surface area (Å²) in [6.45, 7) is 1.91. The summed E-state index contributed by atoms with van der Waals surface area (Å²) in [5.74, 6) is 0.816. The average Bonchev–Trinajstić information content (AvgIpc) is 2.38. The van der Waals surface area contributed by atoms with Gasteiger partial charge in [-0.1, -0.05) is 32.1 Å². The molecule has 0 spiro atoms. The van der Waals surface area contributed by atoms with Crippen molar-refractivity contribution in [1.29, 1.82) is 0 Å². The molecule has 3 heteroatoms. The van der Waals surface area contributed by atoms with Gasteiger partial charge in [-0.2, -0.15) is 0 Å². The molecular formula is C14H22N2O. The maximum Gasteiger partial charge on any atom is 0.0975 e. The van der Waals surface area contributed by atoms with Crippen molar-refractivity contribution in [2.45, 2.75) is 58.0 Å². The van der Waals surface area contributed by atoms with Crippen molar-refractivity contribution >= 4 is 0 Å². The van der Waals surface area contributed by atoms with Crippen molar-refractivity contribution in [2.24, 2.45) is 5.92 Å². The highest BCUT2D eigenvalue weighted by Crippen LogP contribution is 2.29. The Morgan fingerprint density at radius 3 is 2.65 bits per heavy atom. The fourth-order valence-corrected chi connectivity index (χ4v) is 2.59. The first-order valence-corrected chi connectivity index (χ1v) is 6.72. The molecule has 1 atom stereocenters. The van der Waals surface area contributed by atoms with Crippen LogP contribution in [0.3, 0.4) is 0 Å². The Bertz CT molecular complexity index is 331. The van der Waals surface area contributed by atoms with Crippen LogP contribution in [0.4, 0.5) is 0 Å². The van der Waals surface area contributed by atoms with Gasteiger partial charge in [0.1, 0.15) is 0 Å². The molecule has 94 valence electrons. The molecule has 3 nitrogen and oxygen atoms in total. The minimum Gasteiger partial charge on any atom is -0.387 e. The highest BCUT2D eigenvalue weighted by atomic mass is 16.3. The number of nitrogens with zero attached hydrogens (tertiary/aromatic N) is 2. The summed E-state index contributed by atoms with van der Waals surface area (Å²) in [5, 5.41) is 10.0. The summed E-state index contributed by atoms with van der Waals surface area (Å²) in [4.78, 5) is 8.40. The van der Waals surface area contributed by atoms with Gasteiger partial charge in [0, 0.05) is 6.20 Å². The van der Waals surface area contributed by atoms with Crippen molar-refractivity contribution in [3.63, 3.8) is 0 Å². The third-order valence-corrected chi connectivity index (χ3v) is 3.72. The summed E-state index contributed by atoms with van der Waals surface area (Å²) in [6, 6.07) is 0. The molecule has 1 aliphatic carbocycles. The van der Waals surface area contributed by atoms with Gasteiger partial charge in [-0.25, -0.2) is 0 Å². The first-order valence-electron chi connectivity index (χ1n) is 6.72. The molecule has 17 heavy (non-hydrogen) atoms. The van der Waals surface area contributed by atoms with Crippen LogP contribution in [0.25, 0.3) is 0 Å². The van der Waals surface area contributed by atoms with E-state index >= 15 is 0 Å². The van der Waals surface area contributed by atoms with Crippen LogP contribution in [0.2, 0.25) is 0 Å². The van der Waals surface area contributed by atoms with E-state index in [0.717, 1.165) is 24.5 Å². The molecule has 0 aliphatic heterocycles. The lowest BCUT2D eigenvalue weighted by Gasteiger charge is -2.22. The van der Waals surface area contributed by atoms with E-state index in [1.807, 2.05) is 6.92 Å². The number of rotatable bonds is 4. The first kappa shape index (κ1) is 12.5. The maximum atomic E-state index is 10.0. The first-order chi connectivity index (χ1) is 8.25. The van der Waals surface area contributed by atoms with Gasteiger partial charge in [-0.3, -0.25) is 9.97 Å². The van der Waals surface area contributed by atoms with Crippen LogP contribution >= 0.6 is 0 Å². The van der Waals surface area contributed by atoms with Crippen LogP contribution < -0.4 is 0 Å². The number of hydrogen-bond acceptors (Lipinski definition) is 3. The molecular weight excluding hydrogens is 212 g/mol. The molecule has 0 saturated heterocycles. The third kappa shape index (κ3) is 3.77. The smallest absolute Gasteiger partial charge is 0.0975 e. The van der Waals surface area contributed by atoms with E-state index in [1.165, 1.54) is 32.1 Å². The van der Waals surface area contributed by atoms with Crippen LogP contribution in [0.15, 0.2) is 12.4 Å². The molecule has 1 saturated carbocycles. The van der Waals surface area contributed by atoms with E-state index < -0.39 is 6.10 Å². The van der Waals surface area contributed by atoms with Crippen molar-refractivity contribution in [1.82, 2.24) is 9.97 Å². The average molecular weight is 234 g/mol. The summed E-state index contributed by atoms with van der Waals surface area (Å²) in [7, 11) is 0. The molecule has 1 aliphatic rings. The fourth-order valence-electron chi connectivity index (χ4n) is 2.59. The largest absolute Gasteiger partial charge is 0.387 e. The van der Waals surface area contributed by atoms with Gasteiger partial charge in [0.25, 0.3) is 0 Å². The van der Waals surface area contributed by atoms with Crippen LogP contribution in [0, 0.1) is 12.8 Å². The van der Waals surface area contributed by atoms with Gasteiger partial charge in [-0.15, -0.1) is 0 Å². The molecule has 1 heterocycles. The van der Waals surface area contributed by atoms with Gasteiger partial charge in [0.05, 0.1) is 23.7 Å². The van der Waals surface area contributed by atoms with Gasteiger partial charge >= 0.3 is 0 Å². The molecule has 2 rings (SSSR count). The fraction of sp³-hybridized carbons (Fsp3) is 0.714. The minimum atomic E-state index is -0.440. The van der Waals surface area contributed by atoms with Crippen LogP contribution in [0.5, 0.6) is 0 Å². The van der Waals surface area contributed by atoms with Gasteiger partial charge < -0.3 is 5.11 Å². The topological polar surface area (TPSA) is 46.0 Å². The van der Waals surface area contributed by atoms with E-state index in [2.05, 4.69) is 9.97 Å². The van der Waals surface area contributed by atoms with E-state index in [1.54, 1.807) is 12.4 Å². The summed E-state index contributed by atoms with van der Waals surface area (Å²) < 4.78 is 0. The van der Waals surface area contributed by atoms with Gasteiger partial charge in [0.15, 0.2) is 0 Å². The molecule has 0 bridgehead atoms. The molecule has 1 N–H and O–H groups in total. The molecule has 1 aromatic heterocycles. The lowest BCUT2D eigenvalue weighted by molar-refractivity contribution is 0.146. The number of aliphatic hydroxyl groups is 1. The summed E-state index contributed by atoms with van der Waals surface area (Å²) in [5.41, 5.74) is 1.61. The molecule has 0 radical (unpaired) electrons. The minimum absolute atomic E-state index is 0.440. The van der Waals surface area contributed by atoms with Crippen molar-refractivity contribution < 1.29 is 5.11 Å². The Balaban J connectivity index is 1.80. The maximum absolute atomic E-state index is 10.0. The predicted molar refractivity (Wildman–Crippen MR) is 67.5 cm³/mol. The normalized spacial score (nSPS) is 19.2. The van der Waals surface area contributed by atoms with Crippen molar-refractivity contribution in [3.05, 3.63) is 23.8 Å². The summed E-state index contributed by atoms with van der Waals surface area (Å²) >= 11 is 0. The Hall–Kier alpha value is -0.960. The molecule has 0 amide bonds. The molecule has 1 fully saturated rings. The zero-order valence-electron chi connectivity index (χ0n) is 10.6. The van der Waals surface area contributed by atoms with Gasteiger partial charge in [-0.05, 0) is 25.7 Å².